The number of hydrogen-bond acceptors (Lipinski definition) is 2. The van der Waals surface area contributed by atoms with E-state index < -0.39 is 17.5 Å². The fourth-order valence-electron chi connectivity index (χ4n) is 2.77. The van der Waals surface area contributed by atoms with Gasteiger partial charge in [0.2, 0.25) is 0 Å². The van der Waals surface area contributed by atoms with E-state index >= 15 is 0 Å². The molecule has 0 atom stereocenters. The van der Waals surface area contributed by atoms with E-state index in [1.807, 2.05) is 31.2 Å². The van der Waals surface area contributed by atoms with Gasteiger partial charge in [0.05, 0.1) is 17.0 Å². The topological polar surface area (TPSA) is 25.8 Å². The lowest BCUT2D eigenvalue weighted by Crippen LogP contribution is -2.03. The van der Waals surface area contributed by atoms with Gasteiger partial charge in [0.15, 0.2) is 0 Å². The predicted octanol–water partition coefficient (Wildman–Crippen LogP) is 5.15. The van der Waals surface area contributed by atoms with Gasteiger partial charge in [-0.2, -0.15) is 10.2 Å². The largest absolute Gasteiger partial charge is 0.207 e. The van der Waals surface area contributed by atoms with E-state index in [0.717, 1.165) is 11.1 Å². The molecule has 5 heteroatoms. The van der Waals surface area contributed by atoms with E-state index in [0.29, 0.717) is 34.6 Å². The summed E-state index contributed by atoms with van der Waals surface area (Å²) in [6.07, 6.45) is 0. The van der Waals surface area contributed by atoms with Crippen LogP contribution in [0.3, 0.4) is 0 Å². The minimum Gasteiger partial charge on any atom is -0.207 e. The molecule has 0 unspecified atom stereocenters. The van der Waals surface area contributed by atoms with Crippen LogP contribution in [0.5, 0.6) is 0 Å². The molecule has 0 bridgehead atoms. The molecule has 122 valence electrons. The molecule has 0 saturated heterocycles. The number of aromatic nitrogens is 2. The molecule has 1 heterocycles. The fraction of sp³-hybridized carbons (Fsp3) is 0.158. The van der Waals surface area contributed by atoms with Gasteiger partial charge in [-0.15, -0.1) is 0 Å². The Labute approximate surface area is 138 Å². The molecule has 0 fully saturated rings. The van der Waals surface area contributed by atoms with Crippen molar-refractivity contribution in [3.63, 3.8) is 0 Å². The first kappa shape index (κ1) is 16.2. The Kier molecular flexibility index (Phi) is 4.09. The number of aryl methyl sites for hydroxylation is 3. The molecule has 0 saturated carbocycles. The highest BCUT2D eigenvalue weighted by atomic mass is 19.1. The summed E-state index contributed by atoms with van der Waals surface area (Å²) < 4.78 is 41.9. The Hall–Kier alpha value is -2.69. The Morgan fingerprint density at radius 2 is 1.17 bits per heavy atom. The number of hydrogen-bond donors (Lipinski definition) is 0. The molecule has 0 N–H and O–H groups in total. The minimum absolute atomic E-state index is 0.289. The van der Waals surface area contributed by atoms with Crippen molar-refractivity contribution in [2.45, 2.75) is 20.8 Å². The molecule has 3 rings (SSSR count). The third-order valence-electron chi connectivity index (χ3n) is 3.92. The summed E-state index contributed by atoms with van der Waals surface area (Å²) in [6, 6.07) is 8.89. The summed E-state index contributed by atoms with van der Waals surface area (Å²) in [6.45, 7) is 5.30. The van der Waals surface area contributed by atoms with Gasteiger partial charge in [0.1, 0.15) is 17.5 Å². The summed E-state index contributed by atoms with van der Waals surface area (Å²) >= 11 is 0. The maximum Gasteiger partial charge on any atom is 0.136 e. The molecule has 0 radical (unpaired) electrons. The molecule has 0 aliphatic carbocycles. The van der Waals surface area contributed by atoms with Gasteiger partial charge in [0, 0.05) is 23.3 Å². The normalized spacial score (nSPS) is 10.9. The lowest BCUT2D eigenvalue weighted by molar-refractivity contribution is 0.547. The molecular formula is C19H15F3N2. The first-order valence-corrected chi connectivity index (χ1v) is 7.44. The molecule has 0 spiro atoms. The van der Waals surface area contributed by atoms with Crippen LogP contribution in [0.25, 0.3) is 22.3 Å². The first-order valence-electron chi connectivity index (χ1n) is 7.44. The smallest absolute Gasteiger partial charge is 0.136 e. The maximum atomic E-state index is 14.3. The van der Waals surface area contributed by atoms with Crippen LogP contribution in [-0.2, 0) is 0 Å². The Morgan fingerprint density at radius 1 is 0.667 bits per heavy atom. The Balaban J connectivity index is 2.37. The zero-order valence-corrected chi connectivity index (χ0v) is 13.5. The SMILES string of the molecule is Cc1ccc(-c2c(C)nnc(C)c2-c2c(F)cc(F)cc2F)cc1. The number of halogens is 3. The van der Waals surface area contributed by atoms with Crippen molar-refractivity contribution in [3.8, 4) is 22.3 Å². The van der Waals surface area contributed by atoms with Crippen molar-refractivity contribution in [3.05, 3.63) is 70.8 Å². The predicted molar refractivity (Wildman–Crippen MR) is 87.0 cm³/mol. The van der Waals surface area contributed by atoms with E-state index in [-0.39, 0.29) is 5.56 Å². The molecule has 0 aliphatic rings. The number of benzene rings is 2. The third-order valence-corrected chi connectivity index (χ3v) is 3.92. The third kappa shape index (κ3) is 2.77. The average molecular weight is 328 g/mol. The standard InChI is InChI=1S/C19H15F3N2/c1-10-4-6-13(7-5-10)17-11(2)23-24-12(3)18(17)19-15(21)8-14(20)9-16(19)22/h4-9H,1-3H3. The second-order valence-corrected chi connectivity index (χ2v) is 5.73. The van der Waals surface area contributed by atoms with E-state index in [1.165, 1.54) is 0 Å². The second kappa shape index (κ2) is 6.07. The Bertz CT molecular complexity index is 896. The first-order chi connectivity index (χ1) is 11.4. The van der Waals surface area contributed by atoms with E-state index in [4.69, 9.17) is 0 Å². The molecule has 0 amide bonds. The fourth-order valence-corrected chi connectivity index (χ4v) is 2.77. The molecule has 2 nitrogen and oxygen atoms in total. The summed E-state index contributed by atoms with van der Waals surface area (Å²) in [4.78, 5) is 0. The van der Waals surface area contributed by atoms with Crippen molar-refractivity contribution in [2.24, 2.45) is 0 Å². The highest BCUT2D eigenvalue weighted by molar-refractivity contribution is 5.86. The van der Waals surface area contributed by atoms with Crippen LogP contribution in [-0.4, -0.2) is 10.2 Å². The van der Waals surface area contributed by atoms with Crippen molar-refractivity contribution >= 4 is 0 Å². The highest BCUT2D eigenvalue weighted by Crippen LogP contribution is 2.38. The molecule has 2 aromatic carbocycles. The summed E-state index contributed by atoms with van der Waals surface area (Å²) in [5.74, 6) is -2.88. The van der Waals surface area contributed by atoms with Crippen LogP contribution in [0.2, 0.25) is 0 Å². The lowest BCUT2D eigenvalue weighted by atomic mass is 9.92. The van der Waals surface area contributed by atoms with Crippen molar-refractivity contribution in [2.75, 3.05) is 0 Å². The van der Waals surface area contributed by atoms with Crippen LogP contribution in [0.4, 0.5) is 13.2 Å². The van der Waals surface area contributed by atoms with Gasteiger partial charge in [-0.1, -0.05) is 29.8 Å². The van der Waals surface area contributed by atoms with Crippen LogP contribution in [0.15, 0.2) is 36.4 Å². The van der Waals surface area contributed by atoms with Crippen LogP contribution in [0.1, 0.15) is 17.0 Å². The lowest BCUT2D eigenvalue weighted by Gasteiger charge is -2.16. The van der Waals surface area contributed by atoms with Crippen molar-refractivity contribution in [1.29, 1.82) is 0 Å². The molecule has 0 aliphatic heterocycles. The van der Waals surface area contributed by atoms with Crippen LogP contribution < -0.4 is 0 Å². The summed E-state index contributed by atoms with van der Waals surface area (Å²) in [5.41, 5.74) is 3.35. The van der Waals surface area contributed by atoms with E-state index in [9.17, 15) is 13.2 Å². The maximum absolute atomic E-state index is 14.3. The van der Waals surface area contributed by atoms with Crippen molar-refractivity contribution < 1.29 is 13.2 Å². The average Bonchev–Trinajstić information content (AvgIpc) is 2.51. The second-order valence-electron chi connectivity index (χ2n) is 5.73. The van der Waals surface area contributed by atoms with Gasteiger partial charge in [-0.05, 0) is 26.3 Å². The highest BCUT2D eigenvalue weighted by Gasteiger charge is 2.22. The van der Waals surface area contributed by atoms with E-state index in [1.54, 1.807) is 13.8 Å². The zero-order chi connectivity index (χ0) is 17.4. The molecule has 3 aromatic rings. The number of nitrogens with zero attached hydrogens (tertiary/aromatic N) is 2. The molecule has 24 heavy (non-hydrogen) atoms. The zero-order valence-electron chi connectivity index (χ0n) is 13.5. The van der Waals surface area contributed by atoms with Gasteiger partial charge >= 0.3 is 0 Å². The molecule has 1 aromatic heterocycles. The van der Waals surface area contributed by atoms with Gasteiger partial charge < -0.3 is 0 Å². The molecular weight excluding hydrogens is 313 g/mol. The summed E-state index contributed by atoms with van der Waals surface area (Å²) in [7, 11) is 0. The summed E-state index contributed by atoms with van der Waals surface area (Å²) in [5, 5.41) is 8.06. The van der Waals surface area contributed by atoms with Gasteiger partial charge in [-0.3, -0.25) is 0 Å². The van der Waals surface area contributed by atoms with Gasteiger partial charge in [-0.25, -0.2) is 13.2 Å². The Morgan fingerprint density at radius 3 is 1.71 bits per heavy atom. The van der Waals surface area contributed by atoms with E-state index in [2.05, 4.69) is 10.2 Å². The van der Waals surface area contributed by atoms with Crippen LogP contribution in [0, 0.1) is 38.2 Å². The minimum atomic E-state index is -0.962. The number of rotatable bonds is 2. The van der Waals surface area contributed by atoms with Crippen LogP contribution >= 0.6 is 0 Å². The van der Waals surface area contributed by atoms with Gasteiger partial charge in [0.25, 0.3) is 0 Å². The quantitative estimate of drug-likeness (QED) is 0.650. The van der Waals surface area contributed by atoms with Crippen molar-refractivity contribution in [1.82, 2.24) is 10.2 Å². The monoisotopic (exact) mass is 328 g/mol.